The highest BCUT2D eigenvalue weighted by Gasteiger charge is 2.08. The van der Waals surface area contributed by atoms with Gasteiger partial charge in [0.15, 0.2) is 0 Å². The molecule has 0 fully saturated rings. The van der Waals surface area contributed by atoms with Crippen molar-refractivity contribution < 1.29 is 0 Å². The first-order valence-corrected chi connectivity index (χ1v) is 6.02. The van der Waals surface area contributed by atoms with Gasteiger partial charge in [0.05, 0.1) is 0 Å². The fourth-order valence-electron chi connectivity index (χ4n) is 1.73. The standard InChI is InChI=1S/C13H18BrN/c1-4-5-6-13(15-3)11-7-10(2)8-12(14)9-11/h4,7-9,13,15H,1,5-6H2,2-3H3. The summed E-state index contributed by atoms with van der Waals surface area (Å²) in [6.45, 7) is 5.88. The quantitative estimate of drug-likeness (QED) is 0.796. The second kappa shape index (κ2) is 6.09. The lowest BCUT2D eigenvalue weighted by atomic mass is 10.0. The Morgan fingerprint density at radius 3 is 2.73 bits per heavy atom. The largest absolute Gasteiger partial charge is 0.313 e. The first-order chi connectivity index (χ1) is 7.17. The summed E-state index contributed by atoms with van der Waals surface area (Å²) in [6, 6.07) is 6.95. The van der Waals surface area contributed by atoms with Crippen LogP contribution in [-0.2, 0) is 0 Å². The molecule has 0 heterocycles. The van der Waals surface area contributed by atoms with Crippen LogP contribution in [0.25, 0.3) is 0 Å². The molecule has 1 rings (SSSR count). The van der Waals surface area contributed by atoms with Crippen LogP contribution in [0.4, 0.5) is 0 Å². The predicted octanol–water partition coefficient (Wildman–Crippen LogP) is 3.98. The van der Waals surface area contributed by atoms with E-state index in [2.05, 4.69) is 52.9 Å². The number of halogens is 1. The van der Waals surface area contributed by atoms with Gasteiger partial charge < -0.3 is 5.32 Å². The summed E-state index contributed by atoms with van der Waals surface area (Å²) in [5.41, 5.74) is 2.63. The van der Waals surface area contributed by atoms with Crippen molar-refractivity contribution in [3.63, 3.8) is 0 Å². The molecule has 82 valence electrons. The molecule has 1 aromatic rings. The normalized spacial score (nSPS) is 12.5. The predicted molar refractivity (Wildman–Crippen MR) is 70.1 cm³/mol. The summed E-state index contributed by atoms with van der Waals surface area (Å²) in [7, 11) is 2.00. The minimum atomic E-state index is 0.416. The van der Waals surface area contributed by atoms with Gasteiger partial charge in [-0.2, -0.15) is 0 Å². The number of hydrogen-bond acceptors (Lipinski definition) is 1. The molecule has 1 aromatic carbocycles. The summed E-state index contributed by atoms with van der Waals surface area (Å²) >= 11 is 3.53. The number of nitrogens with one attached hydrogen (secondary N) is 1. The van der Waals surface area contributed by atoms with Crippen molar-refractivity contribution in [3.05, 3.63) is 46.5 Å². The molecule has 0 saturated carbocycles. The number of aryl methyl sites for hydroxylation is 1. The van der Waals surface area contributed by atoms with E-state index in [4.69, 9.17) is 0 Å². The fourth-order valence-corrected chi connectivity index (χ4v) is 2.35. The molecule has 1 nitrogen and oxygen atoms in total. The van der Waals surface area contributed by atoms with E-state index in [1.807, 2.05) is 13.1 Å². The molecule has 0 aliphatic rings. The van der Waals surface area contributed by atoms with Crippen LogP contribution in [0.1, 0.15) is 30.0 Å². The molecular weight excluding hydrogens is 250 g/mol. The van der Waals surface area contributed by atoms with E-state index >= 15 is 0 Å². The first kappa shape index (κ1) is 12.5. The monoisotopic (exact) mass is 267 g/mol. The Hall–Kier alpha value is -0.600. The van der Waals surface area contributed by atoms with Gasteiger partial charge in [-0.05, 0) is 50.1 Å². The van der Waals surface area contributed by atoms with Gasteiger partial charge in [0, 0.05) is 10.5 Å². The van der Waals surface area contributed by atoms with Crippen LogP contribution in [0.5, 0.6) is 0 Å². The van der Waals surface area contributed by atoms with Crippen molar-refractivity contribution in [3.8, 4) is 0 Å². The van der Waals surface area contributed by atoms with Gasteiger partial charge in [-0.3, -0.25) is 0 Å². The molecule has 0 aromatic heterocycles. The highest BCUT2D eigenvalue weighted by Crippen LogP contribution is 2.23. The molecule has 1 N–H and O–H groups in total. The van der Waals surface area contributed by atoms with Crippen LogP contribution in [0.3, 0.4) is 0 Å². The van der Waals surface area contributed by atoms with Crippen molar-refractivity contribution >= 4 is 15.9 Å². The molecule has 0 bridgehead atoms. The van der Waals surface area contributed by atoms with E-state index in [1.165, 1.54) is 11.1 Å². The molecule has 0 saturated heterocycles. The number of hydrogen-bond donors (Lipinski definition) is 1. The van der Waals surface area contributed by atoms with Crippen LogP contribution in [0.15, 0.2) is 35.3 Å². The Bertz CT molecular complexity index is 313. The second-order valence-electron chi connectivity index (χ2n) is 3.77. The molecule has 0 amide bonds. The highest BCUT2D eigenvalue weighted by atomic mass is 79.9. The van der Waals surface area contributed by atoms with Crippen molar-refractivity contribution in [2.24, 2.45) is 0 Å². The number of benzene rings is 1. The summed E-state index contributed by atoms with van der Waals surface area (Å²) in [4.78, 5) is 0. The number of rotatable bonds is 5. The summed E-state index contributed by atoms with van der Waals surface area (Å²) in [6.07, 6.45) is 4.10. The van der Waals surface area contributed by atoms with Crippen LogP contribution >= 0.6 is 15.9 Å². The van der Waals surface area contributed by atoms with Gasteiger partial charge in [0.1, 0.15) is 0 Å². The summed E-state index contributed by atoms with van der Waals surface area (Å²) in [5, 5.41) is 3.34. The lowest BCUT2D eigenvalue weighted by Crippen LogP contribution is -2.16. The molecule has 1 unspecified atom stereocenters. The maximum Gasteiger partial charge on any atom is 0.0320 e. The van der Waals surface area contributed by atoms with E-state index < -0.39 is 0 Å². The Morgan fingerprint density at radius 1 is 1.47 bits per heavy atom. The maximum atomic E-state index is 3.76. The second-order valence-corrected chi connectivity index (χ2v) is 4.68. The summed E-state index contributed by atoms with van der Waals surface area (Å²) in [5.74, 6) is 0. The minimum absolute atomic E-state index is 0.416. The van der Waals surface area contributed by atoms with Crippen LogP contribution < -0.4 is 5.32 Å². The molecule has 15 heavy (non-hydrogen) atoms. The minimum Gasteiger partial charge on any atom is -0.313 e. The van der Waals surface area contributed by atoms with Gasteiger partial charge in [-0.15, -0.1) is 6.58 Å². The fraction of sp³-hybridized carbons (Fsp3) is 0.385. The zero-order valence-corrected chi connectivity index (χ0v) is 11.0. The van der Waals surface area contributed by atoms with Crippen LogP contribution in [-0.4, -0.2) is 7.05 Å². The van der Waals surface area contributed by atoms with Gasteiger partial charge in [-0.25, -0.2) is 0 Å². The zero-order valence-electron chi connectivity index (χ0n) is 9.39. The Labute approximate surface area is 101 Å². The van der Waals surface area contributed by atoms with E-state index in [0.29, 0.717) is 6.04 Å². The molecule has 2 heteroatoms. The Balaban J connectivity index is 2.85. The maximum absolute atomic E-state index is 3.76. The Morgan fingerprint density at radius 2 is 2.20 bits per heavy atom. The summed E-state index contributed by atoms with van der Waals surface area (Å²) < 4.78 is 1.15. The third-order valence-electron chi connectivity index (χ3n) is 2.47. The lowest BCUT2D eigenvalue weighted by molar-refractivity contribution is 0.554. The number of allylic oxidation sites excluding steroid dienone is 1. The molecule has 0 radical (unpaired) electrons. The van der Waals surface area contributed by atoms with Crippen molar-refractivity contribution in [1.29, 1.82) is 0 Å². The molecule has 0 aliphatic heterocycles. The van der Waals surface area contributed by atoms with Gasteiger partial charge in [0.2, 0.25) is 0 Å². The molecular formula is C13H18BrN. The van der Waals surface area contributed by atoms with Crippen LogP contribution in [0, 0.1) is 6.92 Å². The van der Waals surface area contributed by atoms with E-state index in [1.54, 1.807) is 0 Å². The highest BCUT2D eigenvalue weighted by molar-refractivity contribution is 9.10. The molecule has 0 aliphatic carbocycles. The average molecular weight is 268 g/mol. The Kier molecular flexibility index (Phi) is 5.06. The third kappa shape index (κ3) is 3.80. The first-order valence-electron chi connectivity index (χ1n) is 5.22. The van der Waals surface area contributed by atoms with Crippen molar-refractivity contribution in [1.82, 2.24) is 5.32 Å². The van der Waals surface area contributed by atoms with Gasteiger partial charge >= 0.3 is 0 Å². The third-order valence-corrected chi connectivity index (χ3v) is 2.93. The molecule has 1 atom stereocenters. The van der Waals surface area contributed by atoms with E-state index in [-0.39, 0.29) is 0 Å². The van der Waals surface area contributed by atoms with E-state index in [0.717, 1.165) is 17.3 Å². The smallest absolute Gasteiger partial charge is 0.0320 e. The van der Waals surface area contributed by atoms with Crippen LogP contribution in [0.2, 0.25) is 0 Å². The van der Waals surface area contributed by atoms with Gasteiger partial charge in [0.25, 0.3) is 0 Å². The average Bonchev–Trinajstić information content (AvgIpc) is 2.17. The van der Waals surface area contributed by atoms with Crippen molar-refractivity contribution in [2.75, 3.05) is 7.05 Å². The SMILES string of the molecule is C=CCCC(NC)c1cc(C)cc(Br)c1. The van der Waals surface area contributed by atoms with Crippen molar-refractivity contribution in [2.45, 2.75) is 25.8 Å². The van der Waals surface area contributed by atoms with E-state index in [9.17, 15) is 0 Å². The van der Waals surface area contributed by atoms with Gasteiger partial charge in [-0.1, -0.05) is 28.1 Å². The lowest BCUT2D eigenvalue weighted by Gasteiger charge is -2.16. The molecule has 0 spiro atoms. The topological polar surface area (TPSA) is 12.0 Å². The zero-order chi connectivity index (χ0) is 11.3.